The molecule has 0 aliphatic heterocycles. The van der Waals surface area contributed by atoms with Crippen molar-refractivity contribution in [2.45, 2.75) is 0 Å². The Labute approximate surface area is 58.8 Å². The minimum atomic E-state index is 0. The van der Waals surface area contributed by atoms with E-state index >= 15 is 0 Å². The second-order valence-corrected chi connectivity index (χ2v) is 0. The second kappa shape index (κ2) is 22.0. The maximum Gasteiger partial charge on any atom is 0 e. The Balaban J connectivity index is -0.00000000500. The molecule has 0 unspecified atom stereocenters. The zero-order valence-corrected chi connectivity index (χ0v) is 7.69. The Hall–Kier alpha value is 1.73. The van der Waals surface area contributed by atoms with Gasteiger partial charge in [-0.25, -0.2) is 0 Å². The van der Waals surface area contributed by atoms with Crippen LogP contribution in [0.5, 0.6) is 0 Å². The van der Waals surface area contributed by atoms with E-state index in [2.05, 4.69) is 15.8 Å². The van der Waals surface area contributed by atoms with Crippen molar-refractivity contribution in [2.75, 3.05) is 0 Å². The molecule has 0 N–H and O–H groups in total. The predicted molar refractivity (Wildman–Crippen MR) is 8.54 cm³/mol. The molecule has 0 amide bonds. The largest absolute Gasteiger partial charge is 0 e. The van der Waals surface area contributed by atoms with Crippen LogP contribution >= 0.6 is 0 Å². The third-order valence-electron chi connectivity index (χ3n) is 0. The van der Waals surface area contributed by atoms with Crippen molar-refractivity contribution in [2.24, 2.45) is 0 Å². The van der Waals surface area contributed by atoms with E-state index in [1.165, 1.54) is 0 Å². The number of hydrogen-bond donors (Lipinski definition) is 0. The van der Waals surface area contributed by atoms with E-state index in [0.29, 0.717) is 0 Å². The van der Waals surface area contributed by atoms with Gasteiger partial charge in [-0.3, -0.25) is 0 Å². The van der Waals surface area contributed by atoms with Gasteiger partial charge in [0, 0.05) is 36.5 Å². The molecule has 0 bridgehead atoms. The summed E-state index contributed by atoms with van der Waals surface area (Å²) in [6.45, 7) is 1.81. The molecule has 0 aromatic heterocycles. The molecule has 0 rings (SSSR count). The third-order valence-corrected chi connectivity index (χ3v) is 0. The average Bonchev–Trinajstić information content (AvgIpc) is 1.00. The maximum absolute atomic E-state index is 2.94. The first-order chi connectivity index (χ1) is 1.00. The van der Waals surface area contributed by atoms with E-state index < -0.39 is 0 Å². The minimum absolute atomic E-state index is 0. The SMILES string of the molecule is [BH2][Mn].[Fe].[Zn]. The summed E-state index contributed by atoms with van der Waals surface area (Å²) in [7, 11) is 0. The van der Waals surface area contributed by atoms with Gasteiger partial charge in [-0.15, -0.1) is 0 Å². The van der Waals surface area contributed by atoms with E-state index in [0.717, 1.165) is 0 Å². The summed E-state index contributed by atoms with van der Waals surface area (Å²) in [5.74, 6) is 0. The van der Waals surface area contributed by atoms with Gasteiger partial charge in [-0.05, 0) is 0 Å². The summed E-state index contributed by atoms with van der Waals surface area (Å²) in [5, 5.41) is 0. The molecular weight excluding hydrogens is 187 g/mol. The molecule has 0 atom stereocenters. The molecule has 22 valence electrons. The van der Waals surface area contributed by atoms with Crippen LogP contribution in [-0.4, -0.2) is 6.66 Å². The second-order valence-electron chi connectivity index (χ2n) is 0. The number of rotatable bonds is 0. The van der Waals surface area contributed by atoms with Crippen LogP contribution in [0.4, 0.5) is 0 Å². The van der Waals surface area contributed by atoms with Crippen molar-refractivity contribution in [1.82, 2.24) is 0 Å². The molecule has 4 heavy (non-hydrogen) atoms. The fourth-order valence-corrected chi connectivity index (χ4v) is 0. The van der Waals surface area contributed by atoms with Crippen LogP contribution in [0.15, 0.2) is 0 Å². The molecule has 0 aromatic rings. The quantitative estimate of drug-likeness (QED) is 0.432. The van der Waals surface area contributed by atoms with Crippen molar-refractivity contribution in [3.8, 4) is 0 Å². The zero-order chi connectivity index (χ0) is 2.00. The van der Waals surface area contributed by atoms with Crippen molar-refractivity contribution in [3.05, 3.63) is 0 Å². The van der Waals surface area contributed by atoms with Gasteiger partial charge in [0.05, 0.1) is 0 Å². The first-order valence-corrected chi connectivity index (χ1v) is 1.56. The van der Waals surface area contributed by atoms with Gasteiger partial charge in [0.1, 0.15) is 0 Å². The monoisotopic (exact) mass is 188 g/mol. The fourth-order valence-electron chi connectivity index (χ4n) is 0. The van der Waals surface area contributed by atoms with Crippen LogP contribution in [0, 0.1) is 0 Å². The van der Waals surface area contributed by atoms with Gasteiger partial charge in [0.2, 0.25) is 0 Å². The molecule has 0 nitrogen and oxygen atoms in total. The minimum Gasteiger partial charge on any atom is 0 e. The van der Waals surface area contributed by atoms with Gasteiger partial charge >= 0.3 is 22.5 Å². The average molecular weight is 189 g/mol. The molecule has 0 aliphatic carbocycles. The Morgan fingerprint density at radius 1 is 1.25 bits per heavy atom. The van der Waals surface area contributed by atoms with Crippen molar-refractivity contribution < 1.29 is 52.4 Å². The normalized spacial score (nSPS) is 1.25. The molecule has 0 saturated carbocycles. The summed E-state index contributed by atoms with van der Waals surface area (Å²) in [6.07, 6.45) is 0. The summed E-state index contributed by atoms with van der Waals surface area (Å²) in [4.78, 5) is 0. The maximum atomic E-state index is 2.94. The van der Waals surface area contributed by atoms with Crippen LogP contribution in [-0.2, 0) is 52.4 Å². The Kier molecular flexibility index (Phi) is 94.7. The number of hydrogen-bond acceptors (Lipinski definition) is 0. The Morgan fingerprint density at radius 3 is 1.25 bits per heavy atom. The zero-order valence-electron chi connectivity index (χ0n) is 2.44. The third kappa shape index (κ3) is 9.29. The predicted octanol–water partition coefficient (Wildman–Crippen LogP) is -0.924. The molecular formula is H2BFeMnZn. The van der Waals surface area contributed by atoms with Gasteiger partial charge < -0.3 is 0 Å². The van der Waals surface area contributed by atoms with Crippen molar-refractivity contribution in [1.29, 1.82) is 0 Å². The molecule has 0 aliphatic rings. The molecule has 0 heterocycles. The first-order valence-electron chi connectivity index (χ1n) is 0.378. The van der Waals surface area contributed by atoms with E-state index in [-0.39, 0.29) is 36.5 Å². The van der Waals surface area contributed by atoms with Gasteiger partial charge in [0.25, 0.3) is 0 Å². The summed E-state index contributed by atoms with van der Waals surface area (Å²) in [5.41, 5.74) is 0. The molecule has 0 saturated heterocycles. The molecule has 4 heteroatoms. The van der Waals surface area contributed by atoms with E-state index in [1.54, 1.807) is 0 Å². The summed E-state index contributed by atoms with van der Waals surface area (Å²) in [6, 6.07) is 0. The Morgan fingerprint density at radius 2 is 1.25 bits per heavy atom. The van der Waals surface area contributed by atoms with Crippen molar-refractivity contribution in [3.63, 3.8) is 0 Å². The van der Waals surface area contributed by atoms with Gasteiger partial charge in [-0.2, -0.15) is 0 Å². The van der Waals surface area contributed by atoms with Crippen LogP contribution in [0.3, 0.4) is 0 Å². The van der Waals surface area contributed by atoms with E-state index in [1.807, 2.05) is 6.66 Å². The van der Waals surface area contributed by atoms with Crippen LogP contribution in [0.25, 0.3) is 0 Å². The van der Waals surface area contributed by atoms with E-state index in [9.17, 15) is 0 Å². The molecule has 0 spiro atoms. The van der Waals surface area contributed by atoms with Crippen molar-refractivity contribution >= 4 is 6.66 Å². The van der Waals surface area contributed by atoms with Crippen LogP contribution in [0.1, 0.15) is 0 Å². The van der Waals surface area contributed by atoms with Gasteiger partial charge in [0.15, 0.2) is 0 Å². The topological polar surface area (TPSA) is 0 Å². The first kappa shape index (κ1) is 17.2. The van der Waals surface area contributed by atoms with E-state index in [4.69, 9.17) is 0 Å². The smallest absolute Gasteiger partial charge is 0 e. The molecule has 0 radical (unpaired) electrons. The Bertz CT molecular complexity index is 8.00. The van der Waals surface area contributed by atoms with Crippen LogP contribution in [0.2, 0.25) is 0 Å². The summed E-state index contributed by atoms with van der Waals surface area (Å²) >= 11 is 2.94. The van der Waals surface area contributed by atoms with Gasteiger partial charge in [-0.1, -0.05) is 0 Å². The molecule has 0 aromatic carbocycles. The standard InChI is InChI=1S/BH2.Fe.Mn.Zn/h1H2;;;/q+1;;-1;. The van der Waals surface area contributed by atoms with Crippen LogP contribution < -0.4 is 0 Å². The fraction of sp³-hybridized carbons (Fsp3) is 0. The molecule has 0 fully saturated rings. The summed E-state index contributed by atoms with van der Waals surface area (Å²) < 4.78 is 0.